The molecule has 0 bridgehead atoms. The first-order valence-corrected chi connectivity index (χ1v) is 18.9. The lowest BCUT2D eigenvalue weighted by atomic mass is 10.0. The molecule has 0 saturated heterocycles. The lowest BCUT2D eigenvalue weighted by Crippen LogP contribution is -2.09. The molecule has 0 unspecified atom stereocenters. The molecule has 0 amide bonds. The third kappa shape index (κ3) is 5.79. The van der Waals surface area contributed by atoms with Gasteiger partial charge in [-0.2, -0.15) is 0 Å². The van der Waals surface area contributed by atoms with E-state index in [2.05, 4.69) is 108 Å². The van der Waals surface area contributed by atoms with E-state index in [1.54, 1.807) is 0 Å². The van der Waals surface area contributed by atoms with Crippen LogP contribution in [0.25, 0.3) is 89.2 Å². The summed E-state index contributed by atoms with van der Waals surface area (Å²) in [5.74, 6) is 1.79. The highest BCUT2D eigenvalue weighted by atomic mass is 16.3. The van der Waals surface area contributed by atoms with Crippen LogP contribution in [0.3, 0.4) is 0 Å². The fourth-order valence-corrected chi connectivity index (χ4v) is 7.80. The van der Waals surface area contributed by atoms with Crippen molar-refractivity contribution in [3.05, 3.63) is 194 Å². The number of hydrogen-bond acceptors (Lipinski definition) is 6. The van der Waals surface area contributed by atoms with Gasteiger partial charge in [0.05, 0.1) is 0 Å². The van der Waals surface area contributed by atoms with Crippen molar-refractivity contribution in [2.45, 2.75) is 0 Å². The minimum Gasteiger partial charge on any atom is -0.456 e. The fraction of sp³-hybridized carbons (Fsp3) is 0. The van der Waals surface area contributed by atoms with E-state index < -0.39 is 0 Å². The molecule has 6 nitrogen and oxygen atoms in total. The zero-order valence-electron chi connectivity index (χ0n) is 30.6. The molecule has 8 aromatic carbocycles. The van der Waals surface area contributed by atoms with Crippen molar-refractivity contribution in [1.29, 1.82) is 0 Å². The molecular weight excluding hydrogens is 701 g/mol. The Balaban J connectivity index is 1.11. The highest BCUT2D eigenvalue weighted by Crippen LogP contribution is 2.43. The molecule has 0 aliphatic rings. The van der Waals surface area contributed by atoms with Gasteiger partial charge in [-0.25, -0.2) is 15.0 Å². The normalized spacial score (nSPS) is 11.5. The third-order valence-electron chi connectivity index (χ3n) is 10.5. The van der Waals surface area contributed by atoms with Crippen LogP contribution in [0, 0.1) is 0 Å². The largest absolute Gasteiger partial charge is 0.456 e. The van der Waals surface area contributed by atoms with Gasteiger partial charge in [-0.1, -0.05) is 133 Å². The zero-order valence-corrected chi connectivity index (χ0v) is 30.6. The Morgan fingerprint density at radius 3 is 1.46 bits per heavy atom. The van der Waals surface area contributed by atoms with Crippen molar-refractivity contribution in [2.75, 3.05) is 4.90 Å². The van der Waals surface area contributed by atoms with Crippen molar-refractivity contribution in [3.8, 4) is 45.3 Å². The average Bonchev–Trinajstić information content (AvgIpc) is 3.85. The molecule has 0 saturated carbocycles. The summed E-state index contributed by atoms with van der Waals surface area (Å²) in [6.45, 7) is 0. The van der Waals surface area contributed by atoms with Gasteiger partial charge in [0.25, 0.3) is 0 Å². The Morgan fingerprint density at radius 1 is 0.316 bits per heavy atom. The van der Waals surface area contributed by atoms with Crippen molar-refractivity contribution >= 4 is 60.9 Å². The summed E-state index contributed by atoms with van der Waals surface area (Å²) in [5.41, 5.74) is 11.3. The Hall–Kier alpha value is -7.83. The number of rotatable bonds is 7. The van der Waals surface area contributed by atoms with E-state index >= 15 is 0 Å². The Bertz CT molecular complexity index is 3170. The molecule has 0 fully saturated rings. The smallest absolute Gasteiger partial charge is 0.164 e. The summed E-state index contributed by atoms with van der Waals surface area (Å²) in [6.07, 6.45) is 0. The Labute approximate surface area is 328 Å². The number of para-hydroxylation sites is 1. The quantitative estimate of drug-likeness (QED) is 0.162. The van der Waals surface area contributed by atoms with E-state index in [0.29, 0.717) is 17.5 Å². The molecule has 11 rings (SSSR count). The first-order chi connectivity index (χ1) is 28.2. The summed E-state index contributed by atoms with van der Waals surface area (Å²) >= 11 is 0. The van der Waals surface area contributed by atoms with Gasteiger partial charge >= 0.3 is 0 Å². The van der Waals surface area contributed by atoms with Gasteiger partial charge in [0, 0.05) is 55.3 Å². The molecule has 3 heterocycles. The summed E-state index contributed by atoms with van der Waals surface area (Å²) in [5, 5.41) is 4.04. The molecule has 6 heteroatoms. The molecule has 57 heavy (non-hydrogen) atoms. The van der Waals surface area contributed by atoms with Crippen LogP contribution in [0.1, 0.15) is 0 Å². The maximum absolute atomic E-state index is 6.55. The van der Waals surface area contributed by atoms with E-state index in [1.807, 2.05) is 91.0 Å². The Kier molecular flexibility index (Phi) is 7.71. The minimum atomic E-state index is 0.576. The number of nitrogens with zero attached hydrogens (tertiary/aromatic N) is 4. The first-order valence-electron chi connectivity index (χ1n) is 18.9. The van der Waals surface area contributed by atoms with Gasteiger partial charge in [0.15, 0.2) is 17.5 Å². The number of fused-ring (bicyclic) bond motifs is 6. The average molecular weight is 733 g/mol. The monoisotopic (exact) mass is 732 g/mol. The lowest BCUT2D eigenvalue weighted by Gasteiger charge is -2.26. The van der Waals surface area contributed by atoms with Gasteiger partial charge in [0.1, 0.15) is 22.3 Å². The Morgan fingerprint density at radius 2 is 0.789 bits per heavy atom. The molecule has 0 aliphatic heterocycles. The molecule has 0 radical (unpaired) electrons. The predicted molar refractivity (Wildman–Crippen MR) is 231 cm³/mol. The second-order valence-electron chi connectivity index (χ2n) is 14.0. The third-order valence-corrected chi connectivity index (χ3v) is 10.5. The van der Waals surface area contributed by atoms with Crippen molar-refractivity contribution in [2.24, 2.45) is 0 Å². The molecule has 0 N–H and O–H groups in total. The van der Waals surface area contributed by atoms with Crippen LogP contribution in [0.2, 0.25) is 0 Å². The number of hydrogen-bond donors (Lipinski definition) is 0. The molecule has 11 aromatic rings. The SMILES string of the molecule is c1ccc(-c2ccc(N(c3ccc4oc5ccccc5c4c3)c3ccc4oc5cccc(-c6nc(-c7ccccc7)nc(-c7ccccc7)n6)c5c4c3)cc2)cc1. The van der Waals surface area contributed by atoms with Crippen molar-refractivity contribution in [3.63, 3.8) is 0 Å². The topological polar surface area (TPSA) is 68.2 Å². The van der Waals surface area contributed by atoms with Crippen LogP contribution >= 0.6 is 0 Å². The number of anilines is 3. The van der Waals surface area contributed by atoms with E-state index in [0.717, 1.165) is 83.2 Å². The standard InChI is InChI=1S/C51H32N4O2/c1-4-13-33(14-5-1)34-23-25-37(26-24-34)55(38-27-29-45-42(31-38)40-19-10-11-21-44(40)56-45)39-28-30-46-43(32-39)48-41(20-12-22-47(48)57-46)51-53-49(35-15-6-2-7-16-35)52-50(54-51)36-17-8-3-9-18-36/h1-32H. The minimum absolute atomic E-state index is 0.576. The highest BCUT2D eigenvalue weighted by molar-refractivity contribution is 6.13. The van der Waals surface area contributed by atoms with Crippen LogP contribution in [0.4, 0.5) is 17.1 Å². The first kappa shape index (κ1) is 32.6. The number of furan rings is 2. The van der Waals surface area contributed by atoms with Gasteiger partial charge in [-0.15, -0.1) is 0 Å². The van der Waals surface area contributed by atoms with Crippen LogP contribution < -0.4 is 4.90 Å². The number of benzene rings is 8. The molecule has 0 spiro atoms. The van der Waals surface area contributed by atoms with Gasteiger partial charge < -0.3 is 13.7 Å². The van der Waals surface area contributed by atoms with Gasteiger partial charge in [-0.3, -0.25) is 0 Å². The summed E-state index contributed by atoms with van der Waals surface area (Å²) in [7, 11) is 0. The fourth-order valence-electron chi connectivity index (χ4n) is 7.80. The molecule has 3 aromatic heterocycles. The van der Waals surface area contributed by atoms with Crippen LogP contribution in [0.5, 0.6) is 0 Å². The maximum Gasteiger partial charge on any atom is 0.164 e. The second kappa shape index (κ2) is 13.5. The summed E-state index contributed by atoms with van der Waals surface area (Å²) < 4.78 is 12.8. The van der Waals surface area contributed by atoms with Crippen LogP contribution in [-0.2, 0) is 0 Å². The van der Waals surface area contributed by atoms with E-state index in [1.165, 1.54) is 5.56 Å². The predicted octanol–water partition coefficient (Wildman–Crippen LogP) is 13.8. The van der Waals surface area contributed by atoms with Crippen LogP contribution in [0.15, 0.2) is 203 Å². The molecular formula is C51H32N4O2. The van der Waals surface area contributed by atoms with Crippen molar-refractivity contribution in [1.82, 2.24) is 15.0 Å². The molecule has 268 valence electrons. The lowest BCUT2D eigenvalue weighted by molar-refractivity contribution is 0.668. The maximum atomic E-state index is 6.55. The van der Waals surface area contributed by atoms with E-state index in [-0.39, 0.29) is 0 Å². The van der Waals surface area contributed by atoms with Crippen molar-refractivity contribution < 1.29 is 8.83 Å². The summed E-state index contributed by atoms with van der Waals surface area (Å²) in [4.78, 5) is 17.4. The van der Waals surface area contributed by atoms with Gasteiger partial charge in [-0.05, 0) is 71.8 Å². The van der Waals surface area contributed by atoms with E-state index in [9.17, 15) is 0 Å². The molecule has 0 aliphatic carbocycles. The van der Waals surface area contributed by atoms with E-state index in [4.69, 9.17) is 23.8 Å². The summed E-state index contributed by atoms with van der Waals surface area (Å²) in [6, 6.07) is 66.4. The molecule has 0 atom stereocenters. The highest BCUT2D eigenvalue weighted by Gasteiger charge is 2.21. The zero-order chi connectivity index (χ0) is 37.7. The second-order valence-corrected chi connectivity index (χ2v) is 14.0. The van der Waals surface area contributed by atoms with Crippen LogP contribution in [-0.4, -0.2) is 15.0 Å². The van der Waals surface area contributed by atoms with Gasteiger partial charge in [0.2, 0.25) is 0 Å². The number of aromatic nitrogens is 3.